The summed E-state index contributed by atoms with van der Waals surface area (Å²) in [6.07, 6.45) is 2.11. The summed E-state index contributed by atoms with van der Waals surface area (Å²) in [7, 11) is 0. The number of carbonyl (C=O) groups is 2. The van der Waals surface area contributed by atoms with Crippen molar-refractivity contribution in [3.8, 4) is 5.75 Å². The summed E-state index contributed by atoms with van der Waals surface area (Å²) in [5.41, 5.74) is 2.46. The van der Waals surface area contributed by atoms with Crippen LogP contribution in [-0.4, -0.2) is 24.5 Å². The van der Waals surface area contributed by atoms with Crippen LogP contribution in [0.3, 0.4) is 0 Å². The Morgan fingerprint density at radius 1 is 1.04 bits per heavy atom. The SMILES string of the molecule is CC(C)c1ccc(OCC(=O)Nc2ccc(C(=O)NC3CC3)cc2)cc1. The standard InChI is InChI=1S/C21H24N2O3/c1-14(2)15-5-11-19(12-6-15)26-13-20(24)22-17-7-3-16(4-8-17)21(25)23-18-9-10-18/h3-8,11-12,14,18H,9-10,13H2,1-2H3,(H,22,24)(H,23,25). The van der Waals surface area contributed by atoms with Crippen LogP contribution in [0.5, 0.6) is 5.75 Å². The van der Waals surface area contributed by atoms with Crippen molar-refractivity contribution in [3.63, 3.8) is 0 Å². The molecule has 0 saturated heterocycles. The molecule has 136 valence electrons. The Balaban J connectivity index is 1.47. The Morgan fingerprint density at radius 3 is 2.27 bits per heavy atom. The van der Waals surface area contributed by atoms with E-state index in [1.807, 2.05) is 24.3 Å². The van der Waals surface area contributed by atoms with E-state index in [0.29, 0.717) is 29.0 Å². The molecule has 2 aromatic rings. The van der Waals surface area contributed by atoms with Crippen molar-refractivity contribution in [2.75, 3.05) is 11.9 Å². The molecule has 2 amide bonds. The van der Waals surface area contributed by atoms with Crippen LogP contribution >= 0.6 is 0 Å². The van der Waals surface area contributed by atoms with Gasteiger partial charge in [0, 0.05) is 17.3 Å². The van der Waals surface area contributed by atoms with Crippen molar-refractivity contribution in [1.29, 1.82) is 0 Å². The van der Waals surface area contributed by atoms with Gasteiger partial charge in [0.2, 0.25) is 0 Å². The minimum absolute atomic E-state index is 0.0645. The number of ether oxygens (including phenoxy) is 1. The van der Waals surface area contributed by atoms with Crippen LogP contribution in [0.25, 0.3) is 0 Å². The van der Waals surface area contributed by atoms with Gasteiger partial charge in [-0.05, 0) is 60.7 Å². The van der Waals surface area contributed by atoms with Gasteiger partial charge in [-0.25, -0.2) is 0 Å². The molecule has 1 aliphatic carbocycles. The number of anilines is 1. The lowest BCUT2D eigenvalue weighted by Gasteiger charge is -2.10. The van der Waals surface area contributed by atoms with Gasteiger partial charge in [-0.1, -0.05) is 26.0 Å². The van der Waals surface area contributed by atoms with Crippen molar-refractivity contribution in [2.24, 2.45) is 0 Å². The van der Waals surface area contributed by atoms with Crippen LogP contribution < -0.4 is 15.4 Å². The van der Waals surface area contributed by atoms with Gasteiger partial charge in [-0.3, -0.25) is 9.59 Å². The highest BCUT2D eigenvalue weighted by Crippen LogP contribution is 2.20. The number of hydrogen-bond acceptors (Lipinski definition) is 3. The van der Waals surface area contributed by atoms with Crippen molar-refractivity contribution in [2.45, 2.75) is 38.6 Å². The molecule has 0 aromatic heterocycles. The average Bonchev–Trinajstić information content (AvgIpc) is 3.45. The molecule has 0 radical (unpaired) electrons. The molecule has 2 aromatic carbocycles. The molecular weight excluding hydrogens is 328 g/mol. The van der Waals surface area contributed by atoms with E-state index in [-0.39, 0.29) is 18.4 Å². The average molecular weight is 352 g/mol. The van der Waals surface area contributed by atoms with E-state index in [0.717, 1.165) is 12.8 Å². The Bertz CT molecular complexity index is 763. The Hall–Kier alpha value is -2.82. The van der Waals surface area contributed by atoms with Gasteiger partial charge in [0.05, 0.1) is 0 Å². The zero-order valence-corrected chi connectivity index (χ0v) is 15.1. The second-order valence-electron chi connectivity index (χ2n) is 6.89. The van der Waals surface area contributed by atoms with Crippen molar-refractivity contribution < 1.29 is 14.3 Å². The van der Waals surface area contributed by atoms with E-state index in [9.17, 15) is 9.59 Å². The van der Waals surface area contributed by atoms with Gasteiger partial charge in [0.25, 0.3) is 11.8 Å². The van der Waals surface area contributed by atoms with Crippen LogP contribution in [0.4, 0.5) is 5.69 Å². The van der Waals surface area contributed by atoms with Gasteiger partial charge >= 0.3 is 0 Å². The maximum atomic E-state index is 12.0. The van der Waals surface area contributed by atoms with E-state index in [1.165, 1.54) is 5.56 Å². The number of amides is 2. The topological polar surface area (TPSA) is 67.4 Å². The minimum Gasteiger partial charge on any atom is -0.484 e. The summed E-state index contributed by atoms with van der Waals surface area (Å²) in [6, 6.07) is 14.9. The van der Waals surface area contributed by atoms with Crippen molar-refractivity contribution >= 4 is 17.5 Å². The number of nitrogens with one attached hydrogen (secondary N) is 2. The molecule has 5 nitrogen and oxygen atoms in total. The monoisotopic (exact) mass is 352 g/mol. The third-order valence-corrected chi connectivity index (χ3v) is 4.26. The second kappa shape index (κ2) is 8.04. The Labute approximate surface area is 153 Å². The summed E-state index contributed by atoms with van der Waals surface area (Å²) in [5.74, 6) is 0.810. The normalized spacial score (nSPS) is 13.3. The summed E-state index contributed by atoms with van der Waals surface area (Å²) in [5, 5.41) is 5.70. The zero-order valence-electron chi connectivity index (χ0n) is 15.1. The molecule has 1 fully saturated rings. The summed E-state index contributed by atoms with van der Waals surface area (Å²) in [6.45, 7) is 4.19. The van der Waals surface area contributed by atoms with E-state index in [1.54, 1.807) is 24.3 Å². The number of carbonyl (C=O) groups excluding carboxylic acids is 2. The first kappa shape index (κ1) is 18.0. The first-order chi connectivity index (χ1) is 12.5. The predicted octanol–water partition coefficient (Wildman–Crippen LogP) is 3.72. The zero-order chi connectivity index (χ0) is 18.5. The fraction of sp³-hybridized carbons (Fsp3) is 0.333. The lowest BCUT2D eigenvalue weighted by Crippen LogP contribution is -2.25. The molecule has 0 heterocycles. The van der Waals surface area contributed by atoms with Gasteiger partial charge in [-0.15, -0.1) is 0 Å². The van der Waals surface area contributed by atoms with E-state index in [4.69, 9.17) is 4.74 Å². The molecule has 0 bridgehead atoms. The Morgan fingerprint density at radius 2 is 1.69 bits per heavy atom. The fourth-order valence-corrected chi connectivity index (χ4v) is 2.50. The van der Waals surface area contributed by atoms with E-state index >= 15 is 0 Å². The molecule has 2 N–H and O–H groups in total. The molecule has 1 saturated carbocycles. The van der Waals surface area contributed by atoms with Crippen molar-refractivity contribution in [1.82, 2.24) is 5.32 Å². The largest absolute Gasteiger partial charge is 0.484 e. The molecule has 5 heteroatoms. The number of hydrogen-bond donors (Lipinski definition) is 2. The first-order valence-electron chi connectivity index (χ1n) is 8.95. The fourth-order valence-electron chi connectivity index (χ4n) is 2.50. The molecule has 0 spiro atoms. The van der Waals surface area contributed by atoms with Crippen LogP contribution in [0.1, 0.15) is 48.5 Å². The number of benzene rings is 2. The quantitative estimate of drug-likeness (QED) is 0.798. The van der Waals surface area contributed by atoms with Crippen LogP contribution in [0.15, 0.2) is 48.5 Å². The maximum Gasteiger partial charge on any atom is 0.262 e. The second-order valence-corrected chi connectivity index (χ2v) is 6.89. The van der Waals surface area contributed by atoms with Gasteiger partial charge in [-0.2, -0.15) is 0 Å². The highest BCUT2D eigenvalue weighted by atomic mass is 16.5. The smallest absolute Gasteiger partial charge is 0.262 e. The third-order valence-electron chi connectivity index (χ3n) is 4.26. The van der Waals surface area contributed by atoms with Gasteiger partial charge in [0.1, 0.15) is 5.75 Å². The van der Waals surface area contributed by atoms with Crippen LogP contribution in [-0.2, 0) is 4.79 Å². The lowest BCUT2D eigenvalue weighted by atomic mass is 10.0. The molecule has 1 aliphatic rings. The first-order valence-corrected chi connectivity index (χ1v) is 8.95. The lowest BCUT2D eigenvalue weighted by molar-refractivity contribution is -0.118. The minimum atomic E-state index is -0.242. The highest BCUT2D eigenvalue weighted by molar-refractivity contribution is 5.96. The van der Waals surface area contributed by atoms with Gasteiger partial charge < -0.3 is 15.4 Å². The number of rotatable bonds is 7. The predicted molar refractivity (Wildman–Crippen MR) is 102 cm³/mol. The maximum absolute atomic E-state index is 12.0. The highest BCUT2D eigenvalue weighted by Gasteiger charge is 2.23. The van der Waals surface area contributed by atoms with Crippen LogP contribution in [0, 0.1) is 0 Å². The van der Waals surface area contributed by atoms with E-state index < -0.39 is 0 Å². The van der Waals surface area contributed by atoms with Crippen molar-refractivity contribution in [3.05, 3.63) is 59.7 Å². The molecule has 3 rings (SSSR count). The molecule has 0 aliphatic heterocycles. The van der Waals surface area contributed by atoms with Gasteiger partial charge in [0.15, 0.2) is 6.61 Å². The summed E-state index contributed by atoms with van der Waals surface area (Å²) in [4.78, 5) is 24.0. The Kier molecular flexibility index (Phi) is 5.56. The molecule has 0 atom stereocenters. The molecular formula is C21H24N2O3. The van der Waals surface area contributed by atoms with Crippen LogP contribution in [0.2, 0.25) is 0 Å². The molecule has 0 unspecified atom stereocenters. The summed E-state index contributed by atoms with van der Waals surface area (Å²) < 4.78 is 5.51. The van der Waals surface area contributed by atoms with E-state index in [2.05, 4.69) is 24.5 Å². The summed E-state index contributed by atoms with van der Waals surface area (Å²) >= 11 is 0. The molecule has 26 heavy (non-hydrogen) atoms. The third kappa shape index (κ3) is 5.09.